The molecule has 1 aromatic carbocycles. The Kier molecular flexibility index (Phi) is 3.74. The first-order valence-electron chi connectivity index (χ1n) is 7.12. The lowest BCUT2D eigenvalue weighted by molar-refractivity contribution is -0.117. The van der Waals surface area contributed by atoms with Crippen LogP contribution in [0.1, 0.15) is 17.2 Å². The van der Waals surface area contributed by atoms with Crippen molar-refractivity contribution in [1.29, 1.82) is 0 Å². The van der Waals surface area contributed by atoms with Crippen LogP contribution < -0.4 is 10.6 Å². The van der Waals surface area contributed by atoms with E-state index in [9.17, 15) is 4.79 Å². The predicted molar refractivity (Wildman–Crippen MR) is 77.7 cm³/mol. The van der Waals surface area contributed by atoms with Crippen LogP contribution in [0.5, 0.6) is 0 Å². The summed E-state index contributed by atoms with van der Waals surface area (Å²) in [6.45, 7) is 3.95. The average Bonchev–Trinajstić information content (AvgIpc) is 2.76. The van der Waals surface area contributed by atoms with E-state index in [0.29, 0.717) is 13.0 Å². The van der Waals surface area contributed by atoms with E-state index in [1.165, 1.54) is 5.56 Å². The number of amides is 1. The van der Waals surface area contributed by atoms with E-state index in [1.54, 1.807) is 4.90 Å². The minimum atomic E-state index is 0.160. The number of nitrogens with zero attached hydrogens (tertiary/aromatic N) is 2. The molecule has 2 heterocycles. The monoisotopic (exact) mass is 275 g/mol. The van der Waals surface area contributed by atoms with Gasteiger partial charge >= 0.3 is 0 Å². The lowest BCUT2D eigenvalue weighted by Crippen LogP contribution is -2.41. The fraction of sp³-hybridized carbons (Fsp3) is 0.533. The summed E-state index contributed by atoms with van der Waals surface area (Å²) in [7, 11) is 1.83. The quantitative estimate of drug-likeness (QED) is 0.874. The van der Waals surface area contributed by atoms with Crippen molar-refractivity contribution in [2.24, 2.45) is 5.73 Å². The van der Waals surface area contributed by atoms with Crippen molar-refractivity contribution < 1.29 is 9.53 Å². The Hall–Kier alpha value is -1.43. The zero-order valence-corrected chi connectivity index (χ0v) is 11.8. The molecule has 5 heteroatoms. The van der Waals surface area contributed by atoms with Crippen LogP contribution in [0.25, 0.3) is 0 Å². The third-order valence-electron chi connectivity index (χ3n) is 4.28. The molecule has 0 aliphatic carbocycles. The number of morpholine rings is 1. The Bertz CT molecular complexity index is 512. The molecule has 0 bridgehead atoms. The van der Waals surface area contributed by atoms with E-state index in [0.717, 1.165) is 37.6 Å². The second kappa shape index (κ2) is 5.52. The van der Waals surface area contributed by atoms with Crippen molar-refractivity contribution in [2.75, 3.05) is 44.8 Å². The van der Waals surface area contributed by atoms with Crippen LogP contribution in [0, 0.1) is 0 Å². The highest BCUT2D eigenvalue weighted by atomic mass is 16.5. The predicted octanol–water partition coefficient (Wildman–Crippen LogP) is 0.538. The maximum Gasteiger partial charge on any atom is 0.231 e. The molecule has 1 atom stereocenters. The SMILES string of the molecule is CN1C(=O)Cc2cc(C(CN)N3CCOCC3)ccc21. The van der Waals surface area contributed by atoms with Crippen molar-refractivity contribution in [3.8, 4) is 0 Å². The first-order chi connectivity index (χ1) is 9.70. The van der Waals surface area contributed by atoms with Crippen molar-refractivity contribution in [2.45, 2.75) is 12.5 Å². The Balaban J connectivity index is 1.86. The van der Waals surface area contributed by atoms with Crippen molar-refractivity contribution in [1.82, 2.24) is 4.90 Å². The number of fused-ring (bicyclic) bond motifs is 1. The highest BCUT2D eigenvalue weighted by Gasteiger charge is 2.27. The fourth-order valence-electron chi connectivity index (χ4n) is 3.08. The van der Waals surface area contributed by atoms with Crippen molar-refractivity contribution >= 4 is 11.6 Å². The third kappa shape index (κ3) is 2.32. The van der Waals surface area contributed by atoms with Crippen LogP contribution in [-0.2, 0) is 16.0 Å². The number of ether oxygens (including phenoxy) is 1. The Morgan fingerprint density at radius 1 is 1.35 bits per heavy atom. The lowest BCUT2D eigenvalue weighted by Gasteiger charge is -2.34. The molecule has 1 aromatic rings. The normalized spacial score (nSPS) is 21.1. The molecule has 108 valence electrons. The molecule has 0 saturated carbocycles. The van der Waals surface area contributed by atoms with Crippen LogP contribution >= 0.6 is 0 Å². The maximum atomic E-state index is 11.8. The van der Waals surface area contributed by atoms with Gasteiger partial charge in [0.1, 0.15) is 0 Å². The molecule has 0 aromatic heterocycles. The summed E-state index contributed by atoms with van der Waals surface area (Å²) in [6.07, 6.45) is 0.500. The van der Waals surface area contributed by atoms with Crippen LogP contribution in [-0.4, -0.2) is 50.7 Å². The van der Waals surface area contributed by atoms with E-state index in [4.69, 9.17) is 10.5 Å². The van der Waals surface area contributed by atoms with Gasteiger partial charge in [0.15, 0.2) is 0 Å². The van der Waals surface area contributed by atoms with Crippen LogP contribution in [0.2, 0.25) is 0 Å². The van der Waals surface area contributed by atoms with Gasteiger partial charge in [0.05, 0.1) is 19.6 Å². The highest BCUT2D eigenvalue weighted by molar-refractivity contribution is 6.00. The highest BCUT2D eigenvalue weighted by Crippen LogP contribution is 2.31. The van der Waals surface area contributed by atoms with Crippen molar-refractivity contribution in [3.63, 3.8) is 0 Å². The van der Waals surface area contributed by atoms with Crippen molar-refractivity contribution in [3.05, 3.63) is 29.3 Å². The summed E-state index contributed by atoms with van der Waals surface area (Å²) < 4.78 is 5.40. The summed E-state index contributed by atoms with van der Waals surface area (Å²) in [4.78, 5) is 15.9. The van der Waals surface area contributed by atoms with Gasteiger partial charge in [0.2, 0.25) is 5.91 Å². The van der Waals surface area contributed by atoms with Gasteiger partial charge in [-0.3, -0.25) is 9.69 Å². The van der Waals surface area contributed by atoms with E-state index in [1.807, 2.05) is 13.1 Å². The molecule has 1 fully saturated rings. The minimum absolute atomic E-state index is 0.160. The summed E-state index contributed by atoms with van der Waals surface area (Å²) in [5.41, 5.74) is 9.32. The molecule has 2 aliphatic heterocycles. The minimum Gasteiger partial charge on any atom is -0.379 e. The zero-order chi connectivity index (χ0) is 14.1. The molecule has 1 amide bonds. The molecule has 2 aliphatic rings. The van der Waals surface area contributed by atoms with Gasteiger partial charge in [-0.05, 0) is 17.2 Å². The molecule has 0 spiro atoms. The number of anilines is 1. The Morgan fingerprint density at radius 3 is 2.80 bits per heavy atom. The second-order valence-corrected chi connectivity index (χ2v) is 5.42. The van der Waals surface area contributed by atoms with Gasteiger partial charge < -0.3 is 15.4 Å². The Morgan fingerprint density at radius 2 is 2.10 bits per heavy atom. The molecule has 3 rings (SSSR count). The van der Waals surface area contributed by atoms with Crippen LogP contribution in [0.3, 0.4) is 0 Å². The largest absolute Gasteiger partial charge is 0.379 e. The molecule has 1 unspecified atom stereocenters. The molecule has 5 nitrogen and oxygen atoms in total. The topological polar surface area (TPSA) is 58.8 Å². The van der Waals surface area contributed by atoms with E-state index in [-0.39, 0.29) is 11.9 Å². The standard InChI is InChI=1S/C15H21N3O2/c1-17-13-3-2-11(8-12(13)9-15(17)19)14(10-16)18-4-6-20-7-5-18/h2-3,8,14H,4-7,9-10,16H2,1H3. The number of rotatable bonds is 3. The van der Waals surface area contributed by atoms with E-state index >= 15 is 0 Å². The number of hydrogen-bond donors (Lipinski definition) is 1. The second-order valence-electron chi connectivity index (χ2n) is 5.42. The van der Waals surface area contributed by atoms with Gasteiger partial charge in [0.25, 0.3) is 0 Å². The molecule has 2 N–H and O–H groups in total. The number of hydrogen-bond acceptors (Lipinski definition) is 4. The number of carbonyl (C=O) groups is 1. The van der Waals surface area contributed by atoms with Crippen LogP contribution in [0.4, 0.5) is 5.69 Å². The van der Waals surface area contributed by atoms with Gasteiger partial charge in [0, 0.05) is 38.4 Å². The van der Waals surface area contributed by atoms with Gasteiger partial charge in [-0.2, -0.15) is 0 Å². The van der Waals surface area contributed by atoms with Gasteiger partial charge in [-0.1, -0.05) is 12.1 Å². The number of likely N-dealkylation sites (N-methyl/N-ethyl adjacent to an activating group) is 1. The molecule has 0 radical (unpaired) electrons. The van der Waals surface area contributed by atoms with Crippen LogP contribution in [0.15, 0.2) is 18.2 Å². The number of nitrogens with two attached hydrogens (primary N) is 1. The first kappa shape index (κ1) is 13.5. The number of benzene rings is 1. The smallest absolute Gasteiger partial charge is 0.231 e. The molecular weight excluding hydrogens is 254 g/mol. The maximum absolute atomic E-state index is 11.8. The summed E-state index contributed by atoms with van der Waals surface area (Å²) in [5.74, 6) is 0.160. The number of carbonyl (C=O) groups excluding carboxylic acids is 1. The average molecular weight is 275 g/mol. The lowest BCUT2D eigenvalue weighted by atomic mass is 10.0. The summed E-state index contributed by atoms with van der Waals surface area (Å²) in [5, 5.41) is 0. The van der Waals surface area contributed by atoms with E-state index in [2.05, 4.69) is 17.0 Å². The molecule has 20 heavy (non-hydrogen) atoms. The van der Waals surface area contributed by atoms with Gasteiger partial charge in [-0.15, -0.1) is 0 Å². The van der Waals surface area contributed by atoms with E-state index < -0.39 is 0 Å². The zero-order valence-electron chi connectivity index (χ0n) is 11.8. The molecular formula is C15H21N3O2. The first-order valence-corrected chi connectivity index (χ1v) is 7.12. The Labute approximate surface area is 119 Å². The summed E-state index contributed by atoms with van der Waals surface area (Å²) >= 11 is 0. The third-order valence-corrected chi connectivity index (χ3v) is 4.28. The summed E-state index contributed by atoms with van der Waals surface area (Å²) in [6, 6.07) is 6.49. The van der Waals surface area contributed by atoms with Gasteiger partial charge in [-0.25, -0.2) is 0 Å². The fourth-order valence-corrected chi connectivity index (χ4v) is 3.08. The molecule has 1 saturated heterocycles.